The monoisotopic (exact) mass is 244 g/mol. The number of benzene rings is 1. The van der Waals surface area contributed by atoms with E-state index in [1.807, 2.05) is 0 Å². The van der Waals surface area contributed by atoms with Crippen LogP contribution in [0, 0.1) is 0 Å². The maximum absolute atomic E-state index is 10.6. The van der Waals surface area contributed by atoms with Gasteiger partial charge >= 0.3 is 11.9 Å². The number of aliphatic hydroxyl groups is 1. The lowest BCUT2D eigenvalue weighted by molar-refractivity contribution is 0.0697. The highest BCUT2D eigenvalue weighted by Crippen LogP contribution is 2.15. The molecule has 0 bridgehead atoms. The van der Waals surface area contributed by atoms with Gasteiger partial charge in [0.05, 0.1) is 5.56 Å². The first-order valence-electron chi connectivity index (χ1n) is 4.10. The van der Waals surface area contributed by atoms with Crippen molar-refractivity contribution in [1.29, 1.82) is 0 Å². The van der Waals surface area contributed by atoms with Crippen LogP contribution in [0.2, 0.25) is 0 Å². The maximum Gasteiger partial charge on any atom is 0.335 e. The summed E-state index contributed by atoms with van der Waals surface area (Å²) < 4.78 is 0. The molecule has 0 saturated heterocycles. The summed E-state index contributed by atoms with van der Waals surface area (Å²) in [6.45, 7) is 0. The Bertz CT molecular complexity index is 416. The highest BCUT2D eigenvalue weighted by atomic mass is 35.5. The predicted molar refractivity (Wildman–Crippen MR) is 57.8 cm³/mol. The molecular weight excluding hydrogens is 236 g/mol. The van der Waals surface area contributed by atoms with Crippen LogP contribution in [0.25, 0.3) is 0 Å². The first-order chi connectivity index (χ1) is 7.54. The van der Waals surface area contributed by atoms with Gasteiger partial charge in [0, 0.05) is 5.69 Å². The van der Waals surface area contributed by atoms with Crippen LogP contribution in [-0.2, 0) is 4.84 Å². The van der Waals surface area contributed by atoms with Gasteiger partial charge in [-0.2, -0.15) is 5.90 Å². The molecule has 0 aromatic heterocycles. The lowest BCUT2D eigenvalue weighted by Crippen LogP contribution is -2.05. The summed E-state index contributed by atoms with van der Waals surface area (Å²) in [6, 6.07) is 5.73. The van der Waals surface area contributed by atoms with E-state index >= 15 is 0 Å². The highest BCUT2D eigenvalue weighted by molar-refractivity contribution is 6.31. The van der Waals surface area contributed by atoms with Gasteiger partial charge in [0.25, 0.3) is 0 Å². The average molecular weight is 245 g/mol. The standard InChI is InChI=1S/C9H9ClN2O4/c10-7(9(15)16-11)12-6-3-1-5(2-4-6)8(13)14/h1-4,12,15H,11H2,(H,13,14)/b9-7-. The molecule has 0 aliphatic carbocycles. The van der Waals surface area contributed by atoms with E-state index in [9.17, 15) is 4.79 Å². The number of carbonyl (C=O) groups is 1. The van der Waals surface area contributed by atoms with Crippen molar-refractivity contribution in [2.75, 3.05) is 5.32 Å². The Morgan fingerprint density at radius 1 is 1.31 bits per heavy atom. The van der Waals surface area contributed by atoms with E-state index in [-0.39, 0.29) is 10.7 Å². The number of halogens is 1. The van der Waals surface area contributed by atoms with E-state index in [0.717, 1.165) is 0 Å². The molecule has 0 atom stereocenters. The molecule has 1 aromatic rings. The zero-order valence-electron chi connectivity index (χ0n) is 7.98. The van der Waals surface area contributed by atoms with E-state index in [1.54, 1.807) is 0 Å². The summed E-state index contributed by atoms with van der Waals surface area (Å²) >= 11 is 5.57. The van der Waals surface area contributed by atoms with E-state index in [4.69, 9.17) is 21.8 Å². The minimum atomic E-state index is -1.03. The summed E-state index contributed by atoms with van der Waals surface area (Å²) in [7, 11) is 0. The molecule has 0 amide bonds. The van der Waals surface area contributed by atoms with Crippen molar-refractivity contribution in [3.63, 3.8) is 0 Å². The molecule has 0 radical (unpaired) electrons. The molecular formula is C9H9ClN2O4. The molecule has 0 heterocycles. The Morgan fingerprint density at radius 3 is 2.31 bits per heavy atom. The number of hydrogen-bond acceptors (Lipinski definition) is 5. The quantitative estimate of drug-likeness (QED) is 0.364. The lowest BCUT2D eigenvalue weighted by Gasteiger charge is -2.06. The minimum Gasteiger partial charge on any atom is -0.478 e. The molecule has 0 fully saturated rings. The first kappa shape index (κ1) is 12.2. The topological polar surface area (TPSA) is 105 Å². The smallest absolute Gasteiger partial charge is 0.335 e. The van der Waals surface area contributed by atoms with Crippen LogP contribution in [0.5, 0.6) is 0 Å². The van der Waals surface area contributed by atoms with Gasteiger partial charge in [-0.1, -0.05) is 11.6 Å². The molecule has 1 rings (SSSR count). The van der Waals surface area contributed by atoms with Gasteiger partial charge in [-0.25, -0.2) is 4.79 Å². The fourth-order valence-electron chi connectivity index (χ4n) is 0.928. The zero-order valence-corrected chi connectivity index (χ0v) is 8.73. The van der Waals surface area contributed by atoms with E-state index in [2.05, 4.69) is 16.1 Å². The fraction of sp³-hybridized carbons (Fsp3) is 0. The Labute approximate surface area is 95.8 Å². The van der Waals surface area contributed by atoms with Crippen molar-refractivity contribution in [2.24, 2.45) is 5.90 Å². The highest BCUT2D eigenvalue weighted by Gasteiger charge is 2.05. The van der Waals surface area contributed by atoms with Crippen molar-refractivity contribution in [3.05, 3.63) is 40.9 Å². The maximum atomic E-state index is 10.6. The zero-order chi connectivity index (χ0) is 12.1. The molecule has 6 nitrogen and oxygen atoms in total. The molecule has 5 N–H and O–H groups in total. The van der Waals surface area contributed by atoms with Crippen LogP contribution in [0.1, 0.15) is 10.4 Å². The van der Waals surface area contributed by atoms with Crippen molar-refractivity contribution in [3.8, 4) is 0 Å². The molecule has 7 heteroatoms. The number of anilines is 1. The fourth-order valence-corrected chi connectivity index (χ4v) is 1.08. The SMILES string of the molecule is NO/C(O)=C(/Cl)Nc1ccc(C(=O)O)cc1. The number of rotatable bonds is 4. The minimum absolute atomic E-state index is 0.143. The Balaban J connectivity index is 2.80. The number of carboxylic acid groups (broad SMARTS) is 1. The third-order valence-electron chi connectivity index (χ3n) is 1.69. The van der Waals surface area contributed by atoms with Crippen LogP contribution >= 0.6 is 11.6 Å². The summed E-state index contributed by atoms with van der Waals surface area (Å²) in [5.74, 6) is 2.99. The van der Waals surface area contributed by atoms with Crippen LogP contribution in [0.4, 0.5) is 5.69 Å². The lowest BCUT2D eigenvalue weighted by atomic mass is 10.2. The van der Waals surface area contributed by atoms with Gasteiger partial charge in [-0.05, 0) is 24.3 Å². The molecule has 1 aromatic carbocycles. The Kier molecular flexibility index (Phi) is 3.98. The average Bonchev–Trinajstić information content (AvgIpc) is 2.28. The van der Waals surface area contributed by atoms with Gasteiger partial charge < -0.3 is 20.4 Å². The van der Waals surface area contributed by atoms with Crippen LogP contribution < -0.4 is 11.2 Å². The van der Waals surface area contributed by atoms with Crippen molar-refractivity contribution in [1.82, 2.24) is 0 Å². The van der Waals surface area contributed by atoms with E-state index < -0.39 is 11.9 Å². The number of carboxylic acids is 1. The number of nitrogens with one attached hydrogen (secondary N) is 1. The summed E-state index contributed by atoms with van der Waals surface area (Å²) in [5, 5.41) is 20.0. The largest absolute Gasteiger partial charge is 0.478 e. The summed E-state index contributed by atoms with van der Waals surface area (Å²) in [4.78, 5) is 14.5. The van der Waals surface area contributed by atoms with Crippen molar-refractivity contribution in [2.45, 2.75) is 0 Å². The predicted octanol–water partition coefficient (Wildman–Crippen LogP) is 1.61. The van der Waals surface area contributed by atoms with Crippen molar-refractivity contribution >= 4 is 23.3 Å². The molecule has 0 saturated carbocycles. The van der Waals surface area contributed by atoms with Gasteiger partial charge in [-0.15, -0.1) is 0 Å². The van der Waals surface area contributed by atoms with E-state index in [1.165, 1.54) is 24.3 Å². The second-order valence-corrected chi connectivity index (χ2v) is 3.12. The van der Waals surface area contributed by atoms with Crippen molar-refractivity contribution < 1.29 is 19.8 Å². The third kappa shape index (κ3) is 3.04. The number of nitrogens with two attached hydrogens (primary N) is 1. The molecule has 0 unspecified atom stereocenters. The molecule has 16 heavy (non-hydrogen) atoms. The normalized spacial score (nSPS) is 11.6. The third-order valence-corrected chi connectivity index (χ3v) is 1.94. The first-order valence-corrected chi connectivity index (χ1v) is 4.48. The van der Waals surface area contributed by atoms with Crippen LogP contribution in [0.15, 0.2) is 35.4 Å². The van der Waals surface area contributed by atoms with Gasteiger partial charge in [0.15, 0.2) is 5.16 Å². The Morgan fingerprint density at radius 2 is 1.88 bits per heavy atom. The van der Waals surface area contributed by atoms with Gasteiger partial charge in [0.1, 0.15) is 0 Å². The van der Waals surface area contributed by atoms with Gasteiger partial charge in [0.2, 0.25) is 0 Å². The van der Waals surface area contributed by atoms with Gasteiger partial charge in [-0.3, -0.25) is 0 Å². The second kappa shape index (κ2) is 5.24. The number of aromatic carboxylic acids is 1. The molecule has 0 spiro atoms. The Hall–Kier alpha value is -1.92. The summed E-state index contributed by atoms with van der Waals surface area (Å²) in [6.07, 6.45) is 0. The van der Waals surface area contributed by atoms with E-state index in [0.29, 0.717) is 5.69 Å². The second-order valence-electron chi connectivity index (χ2n) is 2.74. The number of hydrogen-bond donors (Lipinski definition) is 4. The summed E-state index contributed by atoms with van der Waals surface area (Å²) in [5.41, 5.74) is 0.628. The molecule has 0 aliphatic heterocycles. The van der Waals surface area contributed by atoms with Crippen LogP contribution in [0.3, 0.4) is 0 Å². The van der Waals surface area contributed by atoms with Crippen LogP contribution in [-0.4, -0.2) is 16.2 Å². The molecule has 0 aliphatic rings. The number of aliphatic hydroxyl groups excluding tert-OH is 1. The molecule has 86 valence electrons.